The molecule has 0 bridgehead atoms. The molecule has 0 saturated heterocycles. The van der Waals surface area contributed by atoms with Gasteiger partial charge in [0.15, 0.2) is 0 Å². The molecule has 0 spiro atoms. The van der Waals surface area contributed by atoms with Gasteiger partial charge >= 0.3 is 0 Å². The molecule has 0 atom stereocenters. The normalized spacial score (nSPS) is 26.9. The molecule has 0 amide bonds. The predicted octanol–water partition coefficient (Wildman–Crippen LogP) is 6.68. The maximum Gasteiger partial charge on any atom is 0.0331 e. The lowest BCUT2D eigenvalue weighted by molar-refractivity contribution is 0.325. The summed E-state index contributed by atoms with van der Waals surface area (Å²) in [6.45, 7) is 0. The van der Waals surface area contributed by atoms with E-state index < -0.39 is 0 Å². The molecular weight excluding hydrogens is 332 g/mol. The van der Waals surface area contributed by atoms with Gasteiger partial charge in [0.2, 0.25) is 0 Å². The molecule has 120 valence electrons. The van der Waals surface area contributed by atoms with Gasteiger partial charge in [-0.25, -0.2) is 0 Å². The van der Waals surface area contributed by atoms with Gasteiger partial charge in [-0.15, -0.1) is 50.5 Å². The van der Waals surface area contributed by atoms with Crippen LogP contribution >= 0.6 is 50.5 Å². The number of hydrogen-bond donors (Lipinski definition) is 4. The fourth-order valence-corrected chi connectivity index (χ4v) is 4.67. The van der Waals surface area contributed by atoms with E-state index in [0.29, 0.717) is 0 Å². The maximum absolute atomic E-state index is 4.36. The molecule has 2 rings (SSSR count). The van der Waals surface area contributed by atoms with Gasteiger partial charge in [-0.2, -0.15) is 0 Å². The van der Waals surface area contributed by atoms with Crippen molar-refractivity contribution in [1.29, 1.82) is 0 Å². The first kappa shape index (κ1) is 18.2. The molecule has 0 nitrogen and oxygen atoms in total. The van der Waals surface area contributed by atoms with Crippen LogP contribution in [-0.4, -0.2) is 0 Å². The van der Waals surface area contributed by atoms with E-state index in [1.807, 2.05) is 0 Å². The van der Waals surface area contributed by atoms with Crippen molar-refractivity contribution in [3.8, 4) is 0 Å². The molecule has 2 saturated carbocycles. The van der Waals surface area contributed by atoms with Gasteiger partial charge in [0.1, 0.15) is 0 Å². The molecule has 21 heavy (non-hydrogen) atoms. The highest BCUT2D eigenvalue weighted by Crippen LogP contribution is 2.37. The molecular formula is C17H28S4. The second-order valence-corrected chi connectivity index (χ2v) is 9.17. The number of hydrogen-bond acceptors (Lipinski definition) is 4. The minimum Gasteiger partial charge on any atom is -0.137 e. The second-order valence-electron chi connectivity index (χ2n) is 6.67. The largest absolute Gasteiger partial charge is 0.137 e. The summed E-state index contributed by atoms with van der Waals surface area (Å²) in [6.07, 6.45) is 14.5. The van der Waals surface area contributed by atoms with Gasteiger partial charge in [0, 0.05) is 8.47 Å². The Morgan fingerprint density at radius 1 is 0.667 bits per heavy atom. The Labute approximate surface area is 152 Å². The van der Waals surface area contributed by atoms with Crippen molar-refractivity contribution < 1.29 is 0 Å². The molecule has 2 aliphatic rings. The van der Waals surface area contributed by atoms with Crippen molar-refractivity contribution in [3.63, 3.8) is 0 Å². The van der Waals surface area contributed by atoms with Gasteiger partial charge < -0.3 is 0 Å². The molecule has 0 N–H and O–H groups in total. The quantitative estimate of drug-likeness (QED) is 0.395. The minimum absolute atomic E-state index is 0.940. The second kappa shape index (κ2) is 9.24. The smallest absolute Gasteiger partial charge is 0.0331 e. The van der Waals surface area contributed by atoms with Crippen LogP contribution in [0, 0.1) is 11.8 Å². The highest BCUT2D eigenvalue weighted by molar-refractivity contribution is 8.05. The number of thiol groups is 4. The third-order valence-electron chi connectivity index (χ3n) is 5.27. The zero-order valence-electron chi connectivity index (χ0n) is 12.7. The Bertz CT molecular complexity index is 345. The summed E-state index contributed by atoms with van der Waals surface area (Å²) in [7, 11) is 0. The van der Waals surface area contributed by atoms with E-state index in [9.17, 15) is 0 Å². The van der Waals surface area contributed by atoms with Crippen LogP contribution in [0.15, 0.2) is 19.6 Å². The van der Waals surface area contributed by atoms with Crippen LogP contribution in [0.3, 0.4) is 0 Å². The Balaban J connectivity index is 1.61. The highest BCUT2D eigenvalue weighted by atomic mass is 32.2. The molecule has 0 aromatic carbocycles. The Morgan fingerprint density at radius 3 is 1.29 bits per heavy atom. The summed E-state index contributed by atoms with van der Waals surface area (Å²) in [5.74, 6) is 1.88. The molecule has 2 fully saturated rings. The zero-order valence-corrected chi connectivity index (χ0v) is 16.3. The van der Waals surface area contributed by atoms with E-state index in [-0.39, 0.29) is 0 Å². The Morgan fingerprint density at radius 2 is 1.00 bits per heavy atom. The maximum atomic E-state index is 4.36. The average molecular weight is 361 g/mol. The van der Waals surface area contributed by atoms with Gasteiger partial charge in [0.05, 0.1) is 0 Å². The summed E-state index contributed by atoms with van der Waals surface area (Å²) in [4.78, 5) is 0. The van der Waals surface area contributed by atoms with E-state index in [1.165, 1.54) is 81.8 Å². The number of allylic oxidation sites excluding steroid dienone is 2. The topological polar surface area (TPSA) is 0 Å². The summed E-state index contributed by atoms with van der Waals surface area (Å²) in [5, 5.41) is 0. The lowest BCUT2D eigenvalue weighted by Gasteiger charge is -2.27. The molecule has 0 aliphatic heterocycles. The molecule has 0 aromatic heterocycles. The van der Waals surface area contributed by atoms with Crippen molar-refractivity contribution in [3.05, 3.63) is 19.6 Å². The summed E-state index contributed by atoms with van der Waals surface area (Å²) >= 11 is 17.4. The Kier molecular flexibility index (Phi) is 8.02. The van der Waals surface area contributed by atoms with Gasteiger partial charge in [-0.3, -0.25) is 0 Å². The first-order chi connectivity index (χ1) is 10.1. The lowest BCUT2D eigenvalue weighted by Crippen LogP contribution is -2.11. The lowest BCUT2D eigenvalue weighted by atomic mass is 9.80. The monoisotopic (exact) mass is 360 g/mol. The van der Waals surface area contributed by atoms with Crippen LogP contribution < -0.4 is 0 Å². The average Bonchev–Trinajstić information content (AvgIpc) is 2.48. The van der Waals surface area contributed by atoms with Gasteiger partial charge in [-0.1, -0.05) is 30.4 Å². The van der Waals surface area contributed by atoms with E-state index in [2.05, 4.69) is 50.5 Å². The standard InChI is InChI=1S/C17H28S4/c18-16(19)14-8-4-12(5-9-14)2-1-3-13-6-10-15(11-7-13)17(20)21/h12-13,18-21H,1-11H2. The third kappa shape index (κ3) is 6.12. The molecule has 4 heteroatoms. The molecule has 0 heterocycles. The van der Waals surface area contributed by atoms with Crippen LogP contribution in [0.25, 0.3) is 0 Å². The summed E-state index contributed by atoms with van der Waals surface area (Å²) in [6, 6.07) is 0. The Hall–Kier alpha value is 0.880. The fourth-order valence-electron chi connectivity index (χ4n) is 3.77. The fraction of sp³-hybridized carbons (Fsp3) is 0.765. The van der Waals surface area contributed by atoms with Crippen molar-refractivity contribution >= 4 is 50.5 Å². The summed E-state index contributed by atoms with van der Waals surface area (Å²) < 4.78 is 1.93. The van der Waals surface area contributed by atoms with Gasteiger partial charge in [0.25, 0.3) is 0 Å². The van der Waals surface area contributed by atoms with Crippen LogP contribution in [0.5, 0.6) is 0 Å². The van der Waals surface area contributed by atoms with Crippen LogP contribution in [0.2, 0.25) is 0 Å². The molecule has 0 radical (unpaired) electrons. The van der Waals surface area contributed by atoms with Crippen LogP contribution in [0.1, 0.15) is 70.6 Å². The van der Waals surface area contributed by atoms with Crippen molar-refractivity contribution in [2.75, 3.05) is 0 Å². The van der Waals surface area contributed by atoms with Crippen LogP contribution in [-0.2, 0) is 0 Å². The zero-order chi connectivity index (χ0) is 15.2. The van der Waals surface area contributed by atoms with Crippen LogP contribution in [0.4, 0.5) is 0 Å². The number of rotatable bonds is 4. The summed E-state index contributed by atoms with van der Waals surface area (Å²) in [5.41, 5.74) is 2.94. The molecule has 0 aromatic rings. The molecule has 2 aliphatic carbocycles. The predicted molar refractivity (Wildman–Crippen MR) is 108 cm³/mol. The van der Waals surface area contributed by atoms with E-state index in [4.69, 9.17) is 0 Å². The van der Waals surface area contributed by atoms with E-state index >= 15 is 0 Å². The van der Waals surface area contributed by atoms with E-state index in [1.54, 1.807) is 0 Å². The van der Waals surface area contributed by atoms with E-state index in [0.717, 1.165) is 20.3 Å². The minimum atomic E-state index is 0.940. The van der Waals surface area contributed by atoms with Crippen molar-refractivity contribution in [2.45, 2.75) is 70.6 Å². The highest BCUT2D eigenvalue weighted by Gasteiger charge is 2.20. The van der Waals surface area contributed by atoms with Crippen molar-refractivity contribution in [2.24, 2.45) is 11.8 Å². The van der Waals surface area contributed by atoms with Crippen molar-refractivity contribution in [1.82, 2.24) is 0 Å². The SMILES string of the molecule is SC(S)=C1CCC(CCCC2CCC(=C(S)S)CC2)CC1. The first-order valence-electron chi connectivity index (χ1n) is 8.26. The molecule has 0 unspecified atom stereocenters. The van der Waals surface area contributed by atoms with Gasteiger partial charge in [-0.05, 0) is 63.2 Å². The third-order valence-corrected chi connectivity index (χ3v) is 6.54. The first-order valence-corrected chi connectivity index (χ1v) is 10.0.